The Kier molecular flexibility index (Phi) is 6.35. The normalized spacial score (nSPS) is 15.6. The van der Waals surface area contributed by atoms with Crippen LogP contribution in [0.4, 0.5) is 11.4 Å². The summed E-state index contributed by atoms with van der Waals surface area (Å²) in [7, 11) is 3.91. The predicted molar refractivity (Wildman–Crippen MR) is 132 cm³/mol. The minimum atomic E-state index is -0.912. The summed E-state index contributed by atoms with van der Waals surface area (Å²) in [6.45, 7) is 0.114. The first-order chi connectivity index (χ1) is 17.0. The van der Waals surface area contributed by atoms with Crippen LogP contribution in [0.3, 0.4) is 0 Å². The number of hydrogen-bond acceptors (Lipinski definition) is 6. The van der Waals surface area contributed by atoms with Gasteiger partial charge in [0, 0.05) is 37.6 Å². The smallest absolute Gasteiger partial charge is 0.294 e. The molecule has 0 radical (unpaired) electrons. The van der Waals surface area contributed by atoms with E-state index in [9.17, 15) is 9.59 Å². The third kappa shape index (κ3) is 4.69. The van der Waals surface area contributed by atoms with Crippen molar-refractivity contribution in [3.05, 3.63) is 72.2 Å². The summed E-state index contributed by atoms with van der Waals surface area (Å²) < 4.78 is 16.5. The summed E-state index contributed by atoms with van der Waals surface area (Å²) in [6.07, 6.45) is 5.50. The highest BCUT2D eigenvalue weighted by atomic mass is 16.7. The molecule has 1 unspecified atom stereocenters. The van der Waals surface area contributed by atoms with Gasteiger partial charge in [-0.3, -0.25) is 14.5 Å². The fourth-order valence-electron chi connectivity index (χ4n) is 4.66. The van der Waals surface area contributed by atoms with Crippen molar-refractivity contribution in [3.8, 4) is 11.5 Å². The quantitative estimate of drug-likeness (QED) is 0.541. The number of carbonyl (C=O) groups is 2. The second-order valence-corrected chi connectivity index (χ2v) is 9.07. The molecule has 3 aromatic rings. The fraction of sp³-hybridized carbons (Fsp3) is 0.333. The third-order valence-corrected chi connectivity index (χ3v) is 6.52. The molecule has 0 saturated heterocycles. The van der Waals surface area contributed by atoms with Crippen molar-refractivity contribution in [1.29, 1.82) is 0 Å². The van der Waals surface area contributed by atoms with Crippen molar-refractivity contribution >= 4 is 23.2 Å². The number of carbonyl (C=O) groups excluding carboxylic acids is 2. The summed E-state index contributed by atoms with van der Waals surface area (Å²) in [5.41, 5.74) is 2.21. The average Bonchev–Trinajstić information content (AvgIpc) is 3.64. The molecule has 2 amide bonds. The Morgan fingerprint density at radius 2 is 1.66 bits per heavy atom. The summed E-state index contributed by atoms with van der Waals surface area (Å²) in [5.74, 6) is 0.620. The summed E-state index contributed by atoms with van der Waals surface area (Å²) in [5, 5.41) is 3.19. The van der Waals surface area contributed by atoms with Gasteiger partial charge in [-0.15, -0.1) is 0 Å². The zero-order valence-corrected chi connectivity index (χ0v) is 19.9. The van der Waals surface area contributed by atoms with Crippen LogP contribution < -0.4 is 24.6 Å². The second kappa shape index (κ2) is 9.74. The molecule has 2 aliphatic rings. The zero-order chi connectivity index (χ0) is 24.4. The lowest BCUT2D eigenvalue weighted by Gasteiger charge is -2.32. The molecule has 5 rings (SSSR count). The van der Waals surface area contributed by atoms with Gasteiger partial charge >= 0.3 is 0 Å². The van der Waals surface area contributed by atoms with Crippen LogP contribution in [-0.2, 0) is 4.79 Å². The minimum Gasteiger partial charge on any atom is -0.459 e. The number of amides is 2. The highest BCUT2D eigenvalue weighted by Gasteiger charge is 2.36. The molecule has 0 bridgehead atoms. The molecule has 1 aromatic heterocycles. The van der Waals surface area contributed by atoms with Crippen molar-refractivity contribution in [2.24, 2.45) is 0 Å². The first kappa shape index (κ1) is 22.8. The van der Waals surface area contributed by atoms with Crippen LogP contribution >= 0.6 is 0 Å². The van der Waals surface area contributed by atoms with Crippen LogP contribution in [0.15, 0.2) is 65.3 Å². The van der Waals surface area contributed by atoms with Gasteiger partial charge in [-0.05, 0) is 54.8 Å². The lowest BCUT2D eigenvalue weighted by Crippen LogP contribution is -2.46. The van der Waals surface area contributed by atoms with Gasteiger partial charge in [0.05, 0.1) is 6.26 Å². The average molecular weight is 476 g/mol. The largest absolute Gasteiger partial charge is 0.459 e. The number of furan rings is 1. The van der Waals surface area contributed by atoms with Crippen LogP contribution in [0.5, 0.6) is 11.5 Å². The van der Waals surface area contributed by atoms with E-state index in [1.165, 1.54) is 11.2 Å². The predicted octanol–water partition coefficient (Wildman–Crippen LogP) is 4.52. The van der Waals surface area contributed by atoms with Crippen molar-refractivity contribution in [2.45, 2.75) is 37.8 Å². The molecule has 1 saturated carbocycles. The number of ether oxygens (including phenoxy) is 2. The number of anilines is 2. The lowest BCUT2D eigenvalue weighted by molar-refractivity contribution is -0.123. The summed E-state index contributed by atoms with van der Waals surface area (Å²) in [6, 6.07) is 15.4. The lowest BCUT2D eigenvalue weighted by atomic mass is 10.0. The van der Waals surface area contributed by atoms with Gasteiger partial charge in [-0.25, -0.2) is 0 Å². The first-order valence-electron chi connectivity index (χ1n) is 11.9. The summed E-state index contributed by atoms with van der Waals surface area (Å²) in [4.78, 5) is 31.1. The molecule has 8 heteroatoms. The molecule has 1 fully saturated rings. The molecule has 182 valence electrons. The number of nitrogens with zero attached hydrogens (tertiary/aromatic N) is 2. The number of nitrogens with one attached hydrogen (secondary N) is 1. The molecule has 35 heavy (non-hydrogen) atoms. The first-order valence-corrected chi connectivity index (χ1v) is 11.9. The molecule has 1 atom stereocenters. The Morgan fingerprint density at radius 1 is 0.943 bits per heavy atom. The fourth-order valence-corrected chi connectivity index (χ4v) is 4.66. The van der Waals surface area contributed by atoms with Gasteiger partial charge in [0.15, 0.2) is 17.3 Å². The van der Waals surface area contributed by atoms with Crippen molar-refractivity contribution < 1.29 is 23.5 Å². The van der Waals surface area contributed by atoms with Gasteiger partial charge in [0.25, 0.3) is 5.91 Å². The van der Waals surface area contributed by atoms with Crippen LogP contribution in [0.2, 0.25) is 0 Å². The molecular weight excluding hydrogens is 446 g/mol. The number of fused-ring (bicyclic) bond motifs is 1. The summed E-state index contributed by atoms with van der Waals surface area (Å²) >= 11 is 0. The van der Waals surface area contributed by atoms with Gasteiger partial charge in [-0.1, -0.05) is 25.0 Å². The molecule has 2 aromatic carbocycles. The molecule has 1 aliphatic carbocycles. The molecule has 8 nitrogen and oxygen atoms in total. The molecule has 1 N–H and O–H groups in total. The monoisotopic (exact) mass is 475 g/mol. The van der Waals surface area contributed by atoms with E-state index in [4.69, 9.17) is 13.9 Å². The molecule has 2 heterocycles. The van der Waals surface area contributed by atoms with Crippen LogP contribution in [-0.4, -0.2) is 38.7 Å². The SMILES string of the molecule is CN(C)c1ccc(C(C(=O)NC2CCCC2)N(C(=O)c2ccco2)c2ccc3c(c2)OCO3)cc1. The third-order valence-electron chi connectivity index (χ3n) is 6.52. The Hall–Kier alpha value is -3.94. The van der Waals surface area contributed by atoms with E-state index in [-0.39, 0.29) is 24.5 Å². The highest BCUT2D eigenvalue weighted by molar-refractivity contribution is 6.09. The van der Waals surface area contributed by atoms with Crippen LogP contribution in [0, 0.1) is 0 Å². The number of hydrogen-bond donors (Lipinski definition) is 1. The Bertz CT molecular complexity index is 1180. The molecular formula is C27H29N3O5. The number of benzene rings is 2. The Balaban J connectivity index is 1.60. The van der Waals surface area contributed by atoms with E-state index in [2.05, 4.69) is 5.32 Å². The van der Waals surface area contributed by atoms with Crippen LogP contribution in [0.25, 0.3) is 0 Å². The maximum absolute atomic E-state index is 13.8. The van der Waals surface area contributed by atoms with Gasteiger partial charge in [-0.2, -0.15) is 0 Å². The van der Waals surface area contributed by atoms with E-state index < -0.39 is 11.9 Å². The van der Waals surface area contributed by atoms with Crippen molar-refractivity contribution in [1.82, 2.24) is 5.32 Å². The Morgan fingerprint density at radius 3 is 2.34 bits per heavy atom. The maximum atomic E-state index is 13.8. The van der Waals surface area contributed by atoms with E-state index in [0.29, 0.717) is 22.7 Å². The van der Waals surface area contributed by atoms with Gasteiger partial charge in [0.2, 0.25) is 12.7 Å². The number of rotatable bonds is 7. The van der Waals surface area contributed by atoms with Gasteiger partial charge in [0.1, 0.15) is 6.04 Å². The van der Waals surface area contributed by atoms with Crippen molar-refractivity contribution in [2.75, 3.05) is 30.7 Å². The van der Waals surface area contributed by atoms with E-state index in [1.807, 2.05) is 43.3 Å². The van der Waals surface area contributed by atoms with E-state index in [1.54, 1.807) is 30.3 Å². The Labute approximate surface area is 204 Å². The van der Waals surface area contributed by atoms with Crippen LogP contribution in [0.1, 0.15) is 47.8 Å². The maximum Gasteiger partial charge on any atom is 0.294 e. The minimum absolute atomic E-state index is 0.100. The highest BCUT2D eigenvalue weighted by Crippen LogP contribution is 2.39. The van der Waals surface area contributed by atoms with E-state index >= 15 is 0 Å². The van der Waals surface area contributed by atoms with E-state index in [0.717, 1.165) is 31.4 Å². The van der Waals surface area contributed by atoms with Gasteiger partial charge < -0.3 is 24.1 Å². The molecule has 1 aliphatic heterocycles. The van der Waals surface area contributed by atoms with Crippen molar-refractivity contribution in [3.63, 3.8) is 0 Å². The zero-order valence-electron chi connectivity index (χ0n) is 19.9. The standard InChI is InChI=1S/C27H29N3O5/c1-29(2)20-11-9-18(10-12-20)25(26(31)28-19-6-3-4-7-19)30(27(32)23-8-5-15-33-23)21-13-14-22-24(16-21)35-17-34-22/h5,8-16,19,25H,3-4,6-7,17H2,1-2H3,(H,28,31). The topological polar surface area (TPSA) is 84.3 Å². The second-order valence-electron chi connectivity index (χ2n) is 9.07. The molecule has 0 spiro atoms.